The Balaban J connectivity index is 2.44. The summed E-state index contributed by atoms with van der Waals surface area (Å²) in [5.74, 6) is 0. The highest BCUT2D eigenvalue weighted by atomic mass is 14.2. The first kappa shape index (κ1) is 11.4. The molecule has 0 saturated heterocycles. The van der Waals surface area contributed by atoms with E-state index in [-0.39, 0.29) is 0 Å². The smallest absolute Gasteiger partial charge is 0.0669 e. The Morgan fingerprint density at radius 2 is 1.88 bits per heavy atom. The lowest BCUT2D eigenvalue weighted by Crippen LogP contribution is -1.88. The summed E-state index contributed by atoms with van der Waals surface area (Å²) in [5, 5.41) is 8.68. The molecule has 0 saturated carbocycles. The molecule has 2 aromatic carbocycles. The van der Waals surface area contributed by atoms with Crippen molar-refractivity contribution < 1.29 is 0 Å². The van der Waals surface area contributed by atoms with Crippen LogP contribution in [0.25, 0.3) is 11.1 Å². The van der Waals surface area contributed by atoms with Crippen LogP contribution >= 0.6 is 0 Å². The molecule has 0 N–H and O–H groups in total. The van der Waals surface area contributed by atoms with E-state index in [2.05, 4.69) is 56.3 Å². The molecule has 0 bridgehead atoms. The summed E-state index contributed by atoms with van der Waals surface area (Å²) >= 11 is 0. The van der Waals surface area contributed by atoms with Crippen LogP contribution in [0.4, 0.5) is 0 Å². The van der Waals surface area contributed by atoms with Crippen LogP contribution in [0.2, 0.25) is 0 Å². The molecule has 0 heterocycles. The van der Waals surface area contributed by atoms with Gasteiger partial charge in [0.15, 0.2) is 0 Å². The van der Waals surface area contributed by atoms with Crippen LogP contribution in [0, 0.1) is 25.2 Å². The molecule has 17 heavy (non-hydrogen) atoms. The van der Waals surface area contributed by atoms with Gasteiger partial charge < -0.3 is 0 Å². The normalized spacial score (nSPS) is 9.94. The molecule has 0 amide bonds. The summed E-state index contributed by atoms with van der Waals surface area (Å²) in [5.41, 5.74) is 6.06. The van der Waals surface area contributed by atoms with Gasteiger partial charge in [0.2, 0.25) is 0 Å². The minimum absolute atomic E-state index is 0.481. The molecule has 2 rings (SSSR count). The highest BCUT2D eigenvalue weighted by molar-refractivity contribution is 5.68. The Morgan fingerprint density at radius 3 is 2.53 bits per heavy atom. The minimum Gasteiger partial charge on any atom is -0.198 e. The molecule has 0 aliphatic heterocycles. The standard InChI is InChI=1S/C16H15N/c1-12-4-3-5-15(10-12)16-7-6-14(8-9-17)11-13(16)2/h3-7,10-11H,8H2,1-2H3. The van der Waals surface area contributed by atoms with E-state index in [0.29, 0.717) is 6.42 Å². The largest absolute Gasteiger partial charge is 0.198 e. The summed E-state index contributed by atoms with van der Waals surface area (Å²) in [4.78, 5) is 0. The Labute approximate surface area is 102 Å². The van der Waals surface area contributed by atoms with Gasteiger partial charge in [-0.15, -0.1) is 0 Å². The van der Waals surface area contributed by atoms with E-state index in [1.165, 1.54) is 22.3 Å². The Bertz CT molecular complexity index is 576. The Morgan fingerprint density at radius 1 is 1.06 bits per heavy atom. The van der Waals surface area contributed by atoms with Gasteiger partial charge in [0.05, 0.1) is 12.5 Å². The lowest BCUT2D eigenvalue weighted by Gasteiger charge is -2.08. The maximum absolute atomic E-state index is 8.68. The van der Waals surface area contributed by atoms with Crippen LogP contribution in [-0.4, -0.2) is 0 Å². The topological polar surface area (TPSA) is 23.8 Å². The van der Waals surface area contributed by atoms with Crippen LogP contribution in [0.5, 0.6) is 0 Å². The first-order valence-corrected chi connectivity index (χ1v) is 5.74. The molecule has 0 aliphatic rings. The molecule has 0 fully saturated rings. The van der Waals surface area contributed by atoms with Gasteiger partial charge in [0, 0.05) is 0 Å². The van der Waals surface area contributed by atoms with Gasteiger partial charge in [-0.1, -0.05) is 48.0 Å². The number of rotatable bonds is 2. The van der Waals surface area contributed by atoms with Gasteiger partial charge in [-0.05, 0) is 36.1 Å². The van der Waals surface area contributed by atoms with Crippen molar-refractivity contribution in [3.05, 3.63) is 59.2 Å². The fourth-order valence-electron chi connectivity index (χ4n) is 2.06. The van der Waals surface area contributed by atoms with E-state index < -0.39 is 0 Å². The van der Waals surface area contributed by atoms with E-state index in [1.807, 2.05) is 6.07 Å². The molecule has 1 nitrogen and oxygen atoms in total. The van der Waals surface area contributed by atoms with E-state index >= 15 is 0 Å². The summed E-state index contributed by atoms with van der Waals surface area (Å²) in [7, 11) is 0. The third-order valence-corrected chi connectivity index (χ3v) is 2.90. The third-order valence-electron chi connectivity index (χ3n) is 2.90. The average molecular weight is 221 g/mol. The number of nitriles is 1. The predicted octanol–water partition coefficient (Wildman–Crippen LogP) is 4.04. The van der Waals surface area contributed by atoms with Crippen molar-refractivity contribution in [1.82, 2.24) is 0 Å². The molecule has 0 spiro atoms. The second-order valence-electron chi connectivity index (χ2n) is 4.35. The fraction of sp³-hybridized carbons (Fsp3) is 0.188. The van der Waals surface area contributed by atoms with Crippen LogP contribution in [0.3, 0.4) is 0 Å². The first-order chi connectivity index (χ1) is 8.20. The molecule has 0 unspecified atom stereocenters. The van der Waals surface area contributed by atoms with Gasteiger partial charge in [-0.3, -0.25) is 0 Å². The average Bonchev–Trinajstić information content (AvgIpc) is 2.29. The zero-order valence-corrected chi connectivity index (χ0v) is 10.2. The van der Waals surface area contributed by atoms with Gasteiger partial charge >= 0.3 is 0 Å². The highest BCUT2D eigenvalue weighted by Crippen LogP contribution is 2.25. The number of hydrogen-bond donors (Lipinski definition) is 0. The zero-order chi connectivity index (χ0) is 12.3. The van der Waals surface area contributed by atoms with Crippen molar-refractivity contribution in [3.63, 3.8) is 0 Å². The van der Waals surface area contributed by atoms with Crippen molar-refractivity contribution >= 4 is 0 Å². The molecule has 0 aliphatic carbocycles. The van der Waals surface area contributed by atoms with Gasteiger partial charge in [0.25, 0.3) is 0 Å². The second-order valence-corrected chi connectivity index (χ2v) is 4.35. The van der Waals surface area contributed by atoms with Crippen LogP contribution in [0.15, 0.2) is 42.5 Å². The van der Waals surface area contributed by atoms with Gasteiger partial charge in [-0.25, -0.2) is 0 Å². The molecule has 2 aromatic rings. The maximum atomic E-state index is 8.68. The lowest BCUT2D eigenvalue weighted by atomic mass is 9.97. The first-order valence-electron chi connectivity index (χ1n) is 5.74. The lowest BCUT2D eigenvalue weighted by molar-refractivity contribution is 1.24. The summed E-state index contributed by atoms with van der Waals surface area (Å²) in [6, 6.07) is 16.9. The van der Waals surface area contributed by atoms with E-state index in [1.54, 1.807) is 0 Å². The molecule has 0 radical (unpaired) electrons. The van der Waals surface area contributed by atoms with E-state index in [9.17, 15) is 0 Å². The Hall–Kier alpha value is -2.07. The molecule has 0 aromatic heterocycles. The zero-order valence-electron chi connectivity index (χ0n) is 10.2. The number of aryl methyl sites for hydroxylation is 2. The molecular formula is C16H15N. The van der Waals surface area contributed by atoms with Crippen LogP contribution in [0.1, 0.15) is 16.7 Å². The van der Waals surface area contributed by atoms with Gasteiger partial charge in [-0.2, -0.15) is 5.26 Å². The molecule has 84 valence electrons. The number of nitrogens with zero attached hydrogens (tertiary/aromatic N) is 1. The third kappa shape index (κ3) is 2.54. The fourth-order valence-corrected chi connectivity index (χ4v) is 2.06. The molecule has 0 atom stereocenters. The van der Waals surface area contributed by atoms with Crippen molar-refractivity contribution in [3.8, 4) is 17.2 Å². The minimum atomic E-state index is 0.481. The quantitative estimate of drug-likeness (QED) is 0.751. The highest BCUT2D eigenvalue weighted by Gasteiger charge is 2.03. The summed E-state index contributed by atoms with van der Waals surface area (Å²) in [6.07, 6.45) is 0.481. The SMILES string of the molecule is Cc1cccc(-c2ccc(CC#N)cc2C)c1. The van der Waals surface area contributed by atoms with Crippen molar-refractivity contribution in [2.45, 2.75) is 20.3 Å². The molecular weight excluding hydrogens is 206 g/mol. The van der Waals surface area contributed by atoms with Crippen molar-refractivity contribution in [2.24, 2.45) is 0 Å². The second kappa shape index (κ2) is 4.84. The summed E-state index contributed by atoms with van der Waals surface area (Å²) < 4.78 is 0. The summed E-state index contributed by atoms with van der Waals surface area (Å²) in [6.45, 7) is 4.20. The predicted molar refractivity (Wildman–Crippen MR) is 70.7 cm³/mol. The van der Waals surface area contributed by atoms with Crippen LogP contribution in [-0.2, 0) is 6.42 Å². The Kier molecular flexibility index (Phi) is 3.25. The van der Waals surface area contributed by atoms with E-state index in [0.717, 1.165) is 5.56 Å². The number of benzene rings is 2. The van der Waals surface area contributed by atoms with Crippen LogP contribution < -0.4 is 0 Å². The van der Waals surface area contributed by atoms with E-state index in [4.69, 9.17) is 5.26 Å². The maximum Gasteiger partial charge on any atom is 0.0669 e. The number of hydrogen-bond acceptors (Lipinski definition) is 1. The molecule has 1 heteroatoms. The van der Waals surface area contributed by atoms with Gasteiger partial charge in [0.1, 0.15) is 0 Å². The monoisotopic (exact) mass is 221 g/mol. The van der Waals surface area contributed by atoms with Crippen molar-refractivity contribution in [2.75, 3.05) is 0 Å². The van der Waals surface area contributed by atoms with Crippen molar-refractivity contribution in [1.29, 1.82) is 5.26 Å².